The number of rotatable bonds is 2. The number of aromatic amines is 1. The van der Waals surface area contributed by atoms with Crippen LogP contribution in [0.5, 0.6) is 0 Å². The molecule has 3 rings (SSSR count). The highest BCUT2D eigenvalue weighted by Gasteiger charge is 2.25. The number of nitrogens with one attached hydrogen (secondary N) is 1. The highest BCUT2D eigenvalue weighted by molar-refractivity contribution is 5.98. The zero-order chi connectivity index (χ0) is 15.0. The highest BCUT2D eigenvalue weighted by Crippen LogP contribution is 2.25. The van der Waals surface area contributed by atoms with Crippen molar-refractivity contribution in [2.24, 2.45) is 0 Å². The summed E-state index contributed by atoms with van der Waals surface area (Å²) >= 11 is 0. The molecule has 1 saturated heterocycles. The van der Waals surface area contributed by atoms with Gasteiger partial charge in [0, 0.05) is 17.7 Å². The van der Waals surface area contributed by atoms with Crippen LogP contribution in [0.4, 0.5) is 0 Å². The first kappa shape index (κ1) is 13.4. The van der Waals surface area contributed by atoms with Gasteiger partial charge in [-0.2, -0.15) is 0 Å². The molecule has 5 nitrogen and oxygen atoms in total. The van der Waals surface area contributed by atoms with Gasteiger partial charge in [-0.3, -0.25) is 9.89 Å². The zero-order valence-corrected chi connectivity index (χ0v) is 12.0. The van der Waals surface area contributed by atoms with Crippen LogP contribution >= 0.6 is 0 Å². The lowest BCUT2D eigenvalue weighted by Gasteiger charge is -2.01. The fourth-order valence-corrected chi connectivity index (χ4v) is 2.67. The molecule has 1 aromatic carbocycles. The lowest BCUT2D eigenvalue weighted by Crippen LogP contribution is -2.17. The van der Waals surface area contributed by atoms with Crippen LogP contribution in [0.3, 0.4) is 0 Å². The van der Waals surface area contributed by atoms with Gasteiger partial charge in [-0.05, 0) is 31.6 Å². The minimum atomic E-state index is -0.321. The number of allylic oxidation sites excluding steroid dienone is 1. The predicted octanol–water partition coefficient (Wildman–Crippen LogP) is 2.19. The maximum absolute atomic E-state index is 12.6. The summed E-state index contributed by atoms with van der Waals surface area (Å²) in [5.41, 5.74) is 3.20. The van der Waals surface area contributed by atoms with E-state index in [2.05, 4.69) is 5.10 Å². The summed E-state index contributed by atoms with van der Waals surface area (Å²) in [6.45, 7) is 4.02. The minimum absolute atomic E-state index is 0.150. The normalized spacial score (nSPS) is 17.0. The molecule has 2 aromatic rings. The van der Waals surface area contributed by atoms with Crippen LogP contribution in [-0.2, 0) is 9.53 Å². The van der Waals surface area contributed by atoms with Crippen LogP contribution in [0.25, 0.3) is 11.3 Å². The monoisotopic (exact) mass is 284 g/mol. The maximum Gasteiger partial charge on any atom is 0.334 e. The number of cyclic esters (lactones) is 1. The summed E-state index contributed by atoms with van der Waals surface area (Å²) in [5, 5.41) is 3.07. The SMILES string of the molecule is CC(=C1CCOC1=O)c1c(C)[nH]n(-c2ccccc2)c1=O. The second-order valence-electron chi connectivity index (χ2n) is 5.08. The van der Waals surface area contributed by atoms with Gasteiger partial charge >= 0.3 is 5.97 Å². The van der Waals surface area contributed by atoms with Crippen molar-refractivity contribution in [2.45, 2.75) is 20.3 Å². The van der Waals surface area contributed by atoms with Gasteiger partial charge in [0.05, 0.1) is 17.9 Å². The first-order valence-electron chi connectivity index (χ1n) is 6.84. The number of hydrogen-bond acceptors (Lipinski definition) is 3. The molecule has 0 radical (unpaired) electrons. The van der Waals surface area contributed by atoms with Crippen molar-refractivity contribution in [3.8, 4) is 5.69 Å². The molecule has 0 atom stereocenters. The predicted molar refractivity (Wildman–Crippen MR) is 79.3 cm³/mol. The van der Waals surface area contributed by atoms with E-state index in [9.17, 15) is 9.59 Å². The number of para-hydroxylation sites is 1. The van der Waals surface area contributed by atoms with Crippen LogP contribution in [0.1, 0.15) is 24.6 Å². The Bertz CT molecular complexity index is 782. The number of ether oxygens (including phenoxy) is 1. The smallest absolute Gasteiger partial charge is 0.334 e. The number of aryl methyl sites for hydroxylation is 1. The average molecular weight is 284 g/mol. The number of benzene rings is 1. The molecule has 0 saturated carbocycles. The summed E-state index contributed by atoms with van der Waals surface area (Å²) in [7, 11) is 0. The van der Waals surface area contributed by atoms with Gasteiger partial charge in [0.15, 0.2) is 0 Å². The molecular weight excluding hydrogens is 268 g/mol. The Labute approximate surface area is 121 Å². The van der Waals surface area contributed by atoms with Gasteiger partial charge in [-0.15, -0.1) is 0 Å². The number of aromatic nitrogens is 2. The van der Waals surface area contributed by atoms with Crippen molar-refractivity contribution in [1.82, 2.24) is 9.78 Å². The van der Waals surface area contributed by atoms with Gasteiger partial charge in [0.25, 0.3) is 5.56 Å². The van der Waals surface area contributed by atoms with E-state index in [4.69, 9.17) is 4.74 Å². The van der Waals surface area contributed by atoms with Crippen molar-refractivity contribution in [1.29, 1.82) is 0 Å². The van der Waals surface area contributed by atoms with Crippen LogP contribution in [0.15, 0.2) is 40.7 Å². The number of hydrogen-bond donors (Lipinski definition) is 1. The zero-order valence-electron chi connectivity index (χ0n) is 12.0. The standard InChI is InChI=1S/C16H16N2O3/c1-10(13-8-9-21-16(13)20)14-11(2)17-18(15(14)19)12-6-4-3-5-7-12/h3-7,17H,8-9H2,1-2H3. The molecule has 0 unspecified atom stereocenters. The highest BCUT2D eigenvalue weighted by atomic mass is 16.5. The largest absolute Gasteiger partial charge is 0.462 e. The van der Waals surface area contributed by atoms with E-state index in [-0.39, 0.29) is 11.5 Å². The number of carbonyl (C=O) groups excluding carboxylic acids is 1. The van der Waals surface area contributed by atoms with E-state index >= 15 is 0 Å². The van der Waals surface area contributed by atoms with Crippen molar-refractivity contribution in [2.75, 3.05) is 6.61 Å². The summed E-state index contributed by atoms with van der Waals surface area (Å²) in [4.78, 5) is 24.3. The Morgan fingerprint density at radius 2 is 1.95 bits per heavy atom. The quantitative estimate of drug-likeness (QED) is 0.679. The molecule has 1 aromatic heterocycles. The second-order valence-corrected chi connectivity index (χ2v) is 5.08. The molecule has 5 heteroatoms. The number of H-pyrrole nitrogens is 1. The first-order chi connectivity index (χ1) is 10.1. The maximum atomic E-state index is 12.6. The second kappa shape index (κ2) is 5.09. The molecule has 1 aliphatic rings. The number of esters is 1. The third-order valence-corrected chi connectivity index (χ3v) is 3.75. The number of nitrogens with zero attached hydrogens (tertiary/aromatic N) is 1. The Kier molecular flexibility index (Phi) is 3.25. The van der Waals surface area contributed by atoms with Crippen LogP contribution in [0, 0.1) is 6.92 Å². The number of carbonyl (C=O) groups is 1. The molecule has 108 valence electrons. The van der Waals surface area contributed by atoms with E-state index in [0.717, 1.165) is 11.4 Å². The van der Waals surface area contributed by atoms with Gasteiger partial charge in [-0.1, -0.05) is 18.2 Å². The molecule has 21 heavy (non-hydrogen) atoms. The van der Waals surface area contributed by atoms with E-state index < -0.39 is 0 Å². The first-order valence-corrected chi connectivity index (χ1v) is 6.84. The lowest BCUT2D eigenvalue weighted by molar-refractivity contribution is -0.135. The molecular formula is C16H16N2O3. The van der Waals surface area contributed by atoms with Crippen molar-refractivity contribution in [3.63, 3.8) is 0 Å². The molecule has 0 bridgehead atoms. The molecule has 1 N–H and O–H groups in total. The molecule has 0 amide bonds. The fourth-order valence-electron chi connectivity index (χ4n) is 2.67. The fraction of sp³-hybridized carbons (Fsp3) is 0.250. The van der Waals surface area contributed by atoms with Gasteiger partial charge in [0.1, 0.15) is 0 Å². The Morgan fingerprint density at radius 1 is 1.24 bits per heavy atom. The molecule has 0 aliphatic carbocycles. The summed E-state index contributed by atoms with van der Waals surface area (Å²) in [6.07, 6.45) is 0.556. The molecule has 1 aliphatic heterocycles. The molecule has 0 spiro atoms. The third kappa shape index (κ3) is 2.20. The Hall–Kier alpha value is -2.56. The van der Waals surface area contributed by atoms with Crippen LogP contribution in [0.2, 0.25) is 0 Å². The summed E-state index contributed by atoms with van der Waals surface area (Å²) in [6, 6.07) is 9.35. The van der Waals surface area contributed by atoms with Crippen LogP contribution in [-0.4, -0.2) is 22.4 Å². The van der Waals surface area contributed by atoms with E-state index in [1.165, 1.54) is 4.68 Å². The topological polar surface area (TPSA) is 64.1 Å². The molecule has 1 fully saturated rings. The summed E-state index contributed by atoms with van der Waals surface area (Å²) in [5.74, 6) is -0.321. The average Bonchev–Trinajstić information content (AvgIpc) is 3.03. The van der Waals surface area contributed by atoms with E-state index in [1.54, 1.807) is 6.92 Å². The summed E-state index contributed by atoms with van der Waals surface area (Å²) < 4.78 is 6.46. The molecule has 2 heterocycles. The van der Waals surface area contributed by atoms with Gasteiger partial charge in [-0.25, -0.2) is 9.48 Å². The minimum Gasteiger partial charge on any atom is -0.462 e. The van der Waals surface area contributed by atoms with Crippen molar-refractivity contribution >= 4 is 11.5 Å². The third-order valence-electron chi connectivity index (χ3n) is 3.75. The van der Waals surface area contributed by atoms with Gasteiger partial charge in [0.2, 0.25) is 0 Å². The lowest BCUT2D eigenvalue weighted by atomic mass is 10.0. The van der Waals surface area contributed by atoms with E-state index in [1.807, 2.05) is 37.3 Å². The Morgan fingerprint density at radius 3 is 2.57 bits per heavy atom. The van der Waals surface area contributed by atoms with Crippen molar-refractivity contribution in [3.05, 3.63) is 57.5 Å². The van der Waals surface area contributed by atoms with Crippen LogP contribution < -0.4 is 5.56 Å². The van der Waals surface area contributed by atoms with E-state index in [0.29, 0.717) is 29.7 Å². The van der Waals surface area contributed by atoms with Crippen molar-refractivity contribution < 1.29 is 9.53 Å². The van der Waals surface area contributed by atoms with Gasteiger partial charge < -0.3 is 4.74 Å². The Balaban J connectivity index is 2.16.